The molecule has 0 saturated carbocycles. The van der Waals surface area contributed by atoms with Crippen molar-refractivity contribution in [1.82, 2.24) is 0 Å². The van der Waals surface area contributed by atoms with Gasteiger partial charge in [0.2, 0.25) is 0 Å². The molecule has 1 rings (SSSR count). The topological polar surface area (TPSA) is 0 Å². The zero-order chi connectivity index (χ0) is 6.85. The minimum atomic E-state index is 1.17. The quantitative estimate of drug-likeness (QED) is 0.455. The van der Waals surface area contributed by atoms with E-state index in [2.05, 4.69) is 32.0 Å². The summed E-state index contributed by atoms with van der Waals surface area (Å²) in [6, 6.07) is 6.50. The Morgan fingerprint density at radius 2 is 1.89 bits per heavy atom. The molecular formula is C8H11Al. The van der Waals surface area contributed by atoms with Crippen LogP contribution in [-0.2, 0) is 0 Å². The minimum Gasteiger partial charge on any atom is -0.118 e. The van der Waals surface area contributed by atoms with Gasteiger partial charge in [-0.15, -0.1) is 4.43 Å². The smallest absolute Gasteiger partial charge is 0.118 e. The molecule has 9 heavy (non-hydrogen) atoms. The summed E-state index contributed by atoms with van der Waals surface area (Å²) in [6.45, 7) is 4.36. The molecule has 0 radical (unpaired) electrons. The van der Waals surface area contributed by atoms with E-state index < -0.39 is 0 Å². The van der Waals surface area contributed by atoms with Gasteiger partial charge in [0.25, 0.3) is 16.3 Å². The molecule has 0 aromatic heterocycles. The standard InChI is InChI=1S/C8H9.Al.2H/c1-7-5-3-4-6-8(7)2;;;/h3-5H,1-2H3;;;. The summed E-state index contributed by atoms with van der Waals surface area (Å²) in [5, 5.41) is 0. The van der Waals surface area contributed by atoms with E-state index in [0.29, 0.717) is 0 Å². The Morgan fingerprint density at radius 3 is 2.33 bits per heavy atom. The monoisotopic (exact) mass is 134 g/mol. The van der Waals surface area contributed by atoms with Gasteiger partial charge in [-0.25, -0.2) is 0 Å². The molecule has 0 atom stereocenters. The predicted octanol–water partition coefficient (Wildman–Crippen LogP) is 0.562. The van der Waals surface area contributed by atoms with Crippen molar-refractivity contribution in [2.24, 2.45) is 0 Å². The summed E-state index contributed by atoms with van der Waals surface area (Å²) in [7, 11) is 0. The van der Waals surface area contributed by atoms with E-state index in [1.54, 1.807) is 0 Å². The molecule has 1 heteroatoms. The second-order valence-corrected chi connectivity index (χ2v) is 3.59. The molecule has 0 N–H and O–H groups in total. The van der Waals surface area contributed by atoms with Crippen LogP contribution in [0.15, 0.2) is 18.2 Å². The molecule has 0 bridgehead atoms. The predicted molar refractivity (Wildman–Crippen MR) is 44.1 cm³/mol. The van der Waals surface area contributed by atoms with Gasteiger partial charge in [0.1, 0.15) is 0 Å². The molecule has 1 aromatic carbocycles. The second kappa shape index (κ2) is 2.56. The highest BCUT2D eigenvalue weighted by Gasteiger charge is 1.91. The normalized spacial score (nSPS) is 9.56. The molecule has 0 aliphatic rings. The van der Waals surface area contributed by atoms with Crippen molar-refractivity contribution in [1.29, 1.82) is 0 Å². The Hall–Kier alpha value is -0.248. The molecule has 0 fully saturated rings. The van der Waals surface area contributed by atoms with Crippen molar-refractivity contribution in [2.75, 3.05) is 0 Å². The first-order valence-electron chi connectivity index (χ1n) is 3.24. The lowest BCUT2D eigenvalue weighted by Crippen LogP contribution is -2.07. The molecule has 0 spiro atoms. The number of rotatable bonds is 0. The summed E-state index contributed by atoms with van der Waals surface area (Å²) in [6.07, 6.45) is 0. The van der Waals surface area contributed by atoms with Crippen LogP contribution in [0.2, 0.25) is 0 Å². The van der Waals surface area contributed by atoms with Gasteiger partial charge in [0.15, 0.2) is 0 Å². The van der Waals surface area contributed by atoms with E-state index in [1.165, 1.54) is 31.8 Å². The van der Waals surface area contributed by atoms with Crippen LogP contribution in [0, 0.1) is 13.8 Å². The van der Waals surface area contributed by atoms with Crippen LogP contribution in [-0.4, -0.2) is 16.3 Å². The Balaban J connectivity index is 3.25. The Kier molecular flexibility index (Phi) is 1.95. The van der Waals surface area contributed by atoms with Crippen molar-refractivity contribution in [3.05, 3.63) is 29.3 Å². The van der Waals surface area contributed by atoms with Gasteiger partial charge < -0.3 is 0 Å². The highest BCUT2D eigenvalue weighted by atomic mass is 27.0. The van der Waals surface area contributed by atoms with Crippen LogP contribution in [0.1, 0.15) is 11.1 Å². The number of benzene rings is 1. The zero-order valence-electron chi connectivity index (χ0n) is 6.23. The first-order chi connectivity index (χ1) is 4.22. The van der Waals surface area contributed by atoms with Gasteiger partial charge in [-0.2, -0.15) is 0 Å². The van der Waals surface area contributed by atoms with E-state index in [-0.39, 0.29) is 0 Å². The average Bonchev–Trinajstić information content (AvgIpc) is 1.83. The van der Waals surface area contributed by atoms with Crippen molar-refractivity contribution < 1.29 is 0 Å². The van der Waals surface area contributed by atoms with Gasteiger partial charge in [0, 0.05) is 0 Å². The molecule has 0 heterocycles. The fraction of sp³-hybridized carbons (Fsp3) is 0.250. The van der Waals surface area contributed by atoms with Gasteiger partial charge in [-0.1, -0.05) is 23.8 Å². The Morgan fingerprint density at radius 1 is 1.22 bits per heavy atom. The van der Waals surface area contributed by atoms with Crippen LogP contribution < -0.4 is 4.43 Å². The van der Waals surface area contributed by atoms with Gasteiger partial charge in [0.05, 0.1) is 0 Å². The first-order valence-corrected chi connectivity index (χ1v) is 4.24. The van der Waals surface area contributed by atoms with Crippen LogP contribution in [0.4, 0.5) is 0 Å². The molecular weight excluding hydrogens is 123 g/mol. The third kappa shape index (κ3) is 1.36. The third-order valence-corrected chi connectivity index (χ3v) is 2.96. The molecule has 0 saturated heterocycles. The summed E-state index contributed by atoms with van der Waals surface area (Å²) >= 11 is 1.17. The van der Waals surface area contributed by atoms with E-state index in [4.69, 9.17) is 0 Å². The van der Waals surface area contributed by atoms with E-state index in [1.807, 2.05) is 0 Å². The van der Waals surface area contributed by atoms with Crippen LogP contribution >= 0.6 is 0 Å². The van der Waals surface area contributed by atoms with Gasteiger partial charge in [-0.3, -0.25) is 0 Å². The maximum atomic E-state index is 2.20. The van der Waals surface area contributed by atoms with Crippen LogP contribution in [0.5, 0.6) is 0 Å². The van der Waals surface area contributed by atoms with Crippen LogP contribution in [0.25, 0.3) is 0 Å². The van der Waals surface area contributed by atoms with Crippen molar-refractivity contribution in [2.45, 2.75) is 13.8 Å². The lowest BCUT2D eigenvalue weighted by atomic mass is 10.1. The maximum Gasteiger partial charge on any atom is 0.259 e. The molecule has 0 amide bonds. The summed E-state index contributed by atoms with van der Waals surface area (Å²) in [5.41, 5.74) is 2.90. The Labute approximate surface area is 64.3 Å². The van der Waals surface area contributed by atoms with E-state index >= 15 is 0 Å². The fourth-order valence-corrected chi connectivity index (χ4v) is 1.48. The summed E-state index contributed by atoms with van der Waals surface area (Å²) in [4.78, 5) is 0. The van der Waals surface area contributed by atoms with E-state index in [0.717, 1.165) is 0 Å². The molecule has 1 aromatic rings. The lowest BCUT2D eigenvalue weighted by molar-refractivity contribution is 1.37. The molecule has 0 nitrogen and oxygen atoms in total. The number of hydrogen-bond donors (Lipinski definition) is 0. The summed E-state index contributed by atoms with van der Waals surface area (Å²) in [5.74, 6) is 0. The molecule has 0 unspecified atom stereocenters. The van der Waals surface area contributed by atoms with Gasteiger partial charge in [-0.05, 0) is 19.4 Å². The number of hydrogen-bond acceptors (Lipinski definition) is 0. The highest BCUT2D eigenvalue weighted by Crippen LogP contribution is 1.99. The Bertz CT molecular complexity index is 196. The molecule has 0 aliphatic carbocycles. The first kappa shape index (κ1) is 6.87. The minimum absolute atomic E-state index is 1.17. The van der Waals surface area contributed by atoms with Crippen molar-refractivity contribution in [3.8, 4) is 0 Å². The summed E-state index contributed by atoms with van der Waals surface area (Å²) < 4.78 is 1.52. The SMILES string of the molecule is Cc1ccc[c]([AlH2])c1C. The van der Waals surface area contributed by atoms with Crippen molar-refractivity contribution >= 4 is 20.7 Å². The van der Waals surface area contributed by atoms with Crippen molar-refractivity contribution in [3.63, 3.8) is 0 Å². The fourth-order valence-electron chi connectivity index (χ4n) is 0.898. The average molecular weight is 134 g/mol. The van der Waals surface area contributed by atoms with Gasteiger partial charge >= 0.3 is 0 Å². The second-order valence-electron chi connectivity index (χ2n) is 2.52. The largest absolute Gasteiger partial charge is 0.259 e. The third-order valence-electron chi connectivity index (χ3n) is 1.88. The van der Waals surface area contributed by atoms with Crippen LogP contribution in [0.3, 0.4) is 0 Å². The highest BCUT2D eigenvalue weighted by molar-refractivity contribution is 6.33. The molecule has 0 aliphatic heterocycles. The zero-order valence-corrected chi connectivity index (χ0v) is 8.23. The molecule has 46 valence electrons. The number of aryl methyl sites for hydroxylation is 1. The van der Waals surface area contributed by atoms with E-state index in [9.17, 15) is 0 Å². The maximum absolute atomic E-state index is 2.20. The lowest BCUT2D eigenvalue weighted by Gasteiger charge is -2.01.